The van der Waals surface area contributed by atoms with Crippen LogP contribution in [0.2, 0.25) is 0 Å². The van der Waals surface area contributed by atoms with Crippen LogP contribution in [0.1, 0.15) is 55.2 Å². The van der Waals surface area contributed by atoms with E-state index in [0.717, 1.165) is 39.7 Å². The van der Waals surface area contributed by atoms with E-state index in [4.69, 9.17) is 15.0 Å². The Morgan fingerprint density at radius 2 is 0.706 bits per heavy atom. The predicted octanol–water partition coefficient (Wildman–Crippen LogP) is 15.8. The molecule has 0 aliphatic heterocycles. The molecule has 324 valence electrons. The lowest BCUT2D eigenvalue weighted by Crippen LogP contribution is -2.56. The second-order valence-corrected chi connectivity index (χ2v) is 19.8. The van der Waals surface area contributed by atoms with Crippen molar-refractivity contribution >= 4 is 21.5 Å². The highest BCUT2D eigenvalue weighted by Crippen LogP contribution is 2.67. The molecule has 0 N–H and O–H groups in total. The molecule has 0 amide bonds. The molecule has 14 rings (SSSR count). The molecule has 1 aromatic heterocycles. The van der Waals surface area contributed by atoms with Gasteiger partial charge in [0.25, 0.3) is 0 Å². The van der Waals surface area contributed by atoms with Crippen LogP contribution in [0.25, 0.3) is 89.1 Å². The lowest BCUT2D eigenvalue weighted by molar-refractivity contribution is -0.0268. The quantitative estimate of drug-likeness (QED) is 0.153. The van der Waals surface area contributed by atoms with E-state index >= 15 is 0 Å². The van der Waals surface area contributed by atoms with Crippen molar-refractivity contribution in [2.24, 2.45) is 11.8 Å². The van der Waals surface area contributed by atoms with Crippen molar-refractivity contribution in [1.82, 2.24) is 15.0 Å². The SMILES string of the molecule is N#Cc1ccc(-c2ccc(-c3ccc(C45CC6CC(C4)CC(c4ccc(-c7ccc(-c8nc(-c9ccccc9)nc(-c9ccccc9)n8)cc7)c7ccccc47)(C6)C5)c4ccccc34)cc2)cc1. The van der Waals surface area contributed by atoms with E-state index in [2.05, 4.69) is 152 Å². The van der Waals surface area contributed by atoms with Crippen molar-refractivity contribution in [3.05, 3.63) is 223 Å². The summed E-state index contributed by atoms with van der Waals surface area (Å²) in [5.41, 5.74) is 14.2. The number of hydrogen-bond acceptors (Lipinski definition) is 4. The minimum atomic E-state index is 0.124. The third kappa shape index (κ3) is 6.84. The molecule has 10 aromatic rings. The number of benzene rings is 9. The maximum Gasteiger partial charge on any atom is 0.164 e. The van der Waals surface area contributed by atoms with Gasteiger partial charge in [0.05, 0.1) is 11.6 Å². The van der Waals surface area contributed by atoms with Crippen LogP contribution >= 0.6 is 0 Å². The monoisotopic (exact) mass is 872 g/mol. The Hall–Kier alpha value is -8.00. The number of nitrogens with zero attached hydrogens (tertiary/aromatic N) is 4. The number of hydrogen-bond donors (Lipinski definition) is 0. The molecule has 68 heavy (non-hydrogen) atoms. The fraction of sp³-hybridized carbons (Fsp3) is 0.156. The third-order valence-electron chi connectivity index (χ3n) is 15.7. The fourth-order valence-corrected chi connectivity index (χ4v) is 13.2. The Kier molecular flexibility index (Phi) is 9.54. The molecule has 4 bridgehead atoms. The summed E-state index contributed by atoms with van der Waals surface area (Å²) < 4.78 is 0. The molecule has 2 unspecified atom stereocenters. The Bertz CT molecular complexity index is 3500. The highest BCUT2D eigenvalue weighted by Gasteiger charge is 2.59. The van der Waals surface area contributed by atoms with Gasteiger partial charge in [-0.1, -0.05) is 194 Å². The average molecular weight is 873 g/mol. The fourth-order valence-electron chi connectivity index (χ4n) is 13.2. The number of aromatic nitrogens is 3. The van der Waals surface area contributed by atoms with E-state index < -0.39 is 0 Å². The topological polar surface area (TPSA) is 62.5 Å². The molecule has 2 atom stereocenters. The second kappa shape index (κ2) is 16.1. The van der Waals surface area contributed by atoms with Crippen LogP contribution in [0.15, 0.2) is 206 Å². The van der Waals surface area contributed by atoms with E-state index in [1.807, 2.05) is 60.7 Å². The largest absolute Gasteiger partial charge is 0.208 e. The maximum atomic E-state index is 9.29. The first-order chi connectivity index (χ1) is 33.5. The maximum absolute atomic E-state index is 9.29. The van der Waals surface area contributed by atoms with Gasteiger partial charge in [0.2, 0.25) is 0 Å². The van der Waals surface area contributed by atoms with Crippen molar-refractivity contribution in [3.8, 4) is 73.6 Å². The molecule has 4 saturated carbocycles. The second-order valence-electron chi connectivity index (χ2n) is 19.8. The van der Waals surface area contributed by atoms with Crippen molar-refractivity contribution < 1.29 is 0 Å². The first kappa shape index (κ1) is 40.3. The number of fused-ring (bicyclic) bond motifs is 2. The lowest BCUT2D eigenvalue weighted by Gasteiger charge is -2.63. The zero-order valence-corrected chi connectivity index (χ0v) is 37.8. The van der Waals surface area contributed by atoms with Crippen LogP contribution in [-0.2, 0) is 10.8 Å². The molecular formula is C64H48N4. The first-order valence-corrected chi connectivity index (χ1v) is 24.1. The van der Waals surface area contributed by atoms with Crippen LogP contribution in [0.4, 0.5) is 0 Å². The van der Waals surface area contributed by atoms with E-state index in [9.17, 15) is 5.26 Å². The van der Waals surface area contributed by atoms with Crippen LogP contribution in [0.5, 0.6) is 0 Å². The van der Waals surface area contributed by atoms with E-state index in [1.54, 1.807) is 11.1 Å². The minimum absolute atomic E-state index is 0.124. The molecule has 0 spiro atoms. The molecule has 9 aromatic carbocycles. The summed E-state index contributed by atoms with van der Waals surface area (Å²) in [6.07, 6.45) is 7.64. The normalized spacial score (nSPS) is 20.4. The Morgan fingerprint density at radius 3 is 1.13 bits per heavy atom. The van der Waals surface area contributed by atoms with Gasteiger partial charge in [0, 0.05) is 16.7 Å². The zero-order chi connectivity index (χ0) is 45.2. The van der Waals surface area contributed by atoms with E-state index in [0.29, 0.717) is 23.0 Å². The highest BCUT2D eigenvalue weighted by molar-refractivity contribution is 6.01. The van der Waals surface area contributed by atoms with Crippen LogP contribution in [0, 0.1) is 23.2 Å². The number of rotatable bonds is 8. The summed E-state index contributed by atoms with van der Waals surface area (Å²) in [5.74, 6) is 3.43. The van der Waals surface area contributed by atoms with Gasteiger partial charge >= 0.3 is 0 Å². The minimum Gasteiger partial charge on any atom is -0.208 e. The van der Waals surface area contributed by atoms with Gasteiger partial charge in [-0.25, -0.2) is 15.0 Å². The standard InChI is InChI=1S/C64H48N4/c65-40-42-19-21-45(22-20-42)46-23-25-47(26-24-46)52-31-33-58(56-17-9-7-15-54(52)56)63-36-43-35-44(37-63)39-64(38-43,41-63)59-34-32-53(55-16-8-10-18-57(55)59)48-27-29-51(30-28-48)62-67-60(49-11-3-1-4-12-49)66-61(68-62)50-13-5-2-6-14-50/h1-34,43-44H,35-39,41H2. The molecule has 4 nitrogen and oxygen atoms in total. The van der Waals surface area contributed by atoms with Gasteiger partial charge in [-0.3, -0.25) is 0 Å². The van der Waals surface area contributed by atoms with Gasteiger partial charge in [-0.2, -0.15) is 5.26 Å². The summed E-state index contributed by atoms with van der Waals surface area (Å²) in [6.45, 7) is 0. The molecule has 4 aliphatic carbocycles. The predicted molar refractivity (Wildman–Crippen MR) is 277 cm³/mol. The summed E-state index contributed by atoms with van der Waals surface area (Å²) in [7, 11) is 0. The Balaban J connectivity index is 0.844. The van der Waals surface area contributed by atoms with E-state index in [1.165, 1.54) is 82.3 Å². The van der Waals surface area contributed by atoms with Crippen LogP contribution in [-0.4, -0.2) is 15.0 Å². The first-order valence-electron chi connectivity index (χ1n) is 24.1. The molecule has 0 saturated heterocycles. The van der Waals surface area contributed by atoms with Crippen molar-refractivity contribution in [3.63, 3.8) is 0 Å². The Labute approximate surface area is 397 Å². The van der Waals surface area contributed by atoms with Crippen molar-refractivity contribution in [1.29, 1.82) is 5.26 Å². The summed E-state index contributed by atoms with van der Waals surface area (Å²) in [4.78, 5) is 14.9. The van der Waals surface area contributed by atoms with Crippen LogP contribution < -0.4 is 0 Å². The van der Waals surface area contributed by atoms with Gasteiger partial charge in [0.1, 0.15) is 0 Å². The Morgan fingerprint density at radius 1 is 0.353 bits per heavy atom. The van der Waals surface area contributed by atoms with Crippen LogP contribution in [0.3, 0.4) is 0 Å². The zero-order valence-electron chi connectivity index (χ0n) is 37.8. The van der Waals surface area contributed by atoms with E-state index in [-0.39, 0.29) is 10.8 Å². The highest BCUT2D eigenvalue weighted by atomic mass is 15.0. The van der Waals surface area contributed by atoms with Gasteiger partial charge < -0.3 is 0 Å². The molecule has 1 heterocycles. The van der Waals surface area contributed by atoms with Crippen molar-refractivity contribution in [2.75, 3.05) is 0 Å². The summed E-state index contributed by atoms with van der Waals surface area (Å²) in [5, 5.41) is 14.8. The lowest BCUT2D eigenvalue weighted by atomic mass is 9.41. The van der Waals surface area contributed by atoms with Gasteiger partial charge in [-0.15, -0.1) is 0 Å². The molecular weight excluding hydrogens is 825 g/mol. The van der Waals surface area contributed by atoms with Gasteiger partial charge in [-0.05, 0) is 139 Å². The van der Waals surface area contributed by atoms with Gasteiger partial charge in [0.15, 0.2) is 17.5 Å². The number of nitriles is 1. The van der Waals surface area contributed by atoms with Crippen molar-refractivity contribution in [2.45, 2.75) is 49.4 Å². The summed E-state index contributed by atoms with van der Waals surface area (Å²) >= 11 is 0. The average Bonchev–Trinajstić information content (AvgIpc) is 3.40. The smallest absolute Gasteiger partial charge is 0.164 e. The summed E-state index contributed by atoms with van der Waals surface area (Å²) in [6, 6.07) is 76.4. The molecule has 0 radical (unpaired) electrons. The molecule has 4 fully saturated rings. The molecule has 4 heteroatoms. The molecule has 4 aliphatic rings. The third-order valence-corrected chi connectivity index (χ3v) is 15.7.